The SMILES string of the molecule is COc1ccc(S(=O)(=O)/C=C\C(=O)O)cc1. The Morgan fingerprint density at radius 1 is 1.31 bits per heavy atom. The molecule has 0 spiro atoms. The van der Waals surface area contributed by atoms with Crippen LogP contribution in [0.4, 0.5) is 0 Å². The van der Waals surface area contributed by atoms with Gasteiger partial charge in [-0.15, -0.1) is 0 Å². The van der Waals surface area contributed by atoms with Gasteiger partial charge in [-0.1, -0.05) is 0 Å². The molecule has 1 aromatic rings. The topological polar surface area (TPSA) is 80.7 Å². The smallest absolute Gasteiger partial charge is 0.329 e. The molecular formula is C10H10O5S. The van der Waals surface area contributed by atoms with Crippen molar-refractivity contribution in [3.63, 3.8) is 0 Å². The van der Waals surface area contributed by atoms with Crippen LogP contribution in [0.15, 0.2) is 40.6 Å². The first-order valence-corrected chi connectivity index (χ1v) is 5.80. The van der Waals surface area contributed by atoms with Crippen molar-refractivity contribution in [1.29, 1.82) is 0 Å². The summed E-state index contributed by atoms with van der Waals surface area (Å²) in [6, 6.07) is 5.67. The summed E-state index contributed by atoms with van der Waals surface area (Å²) in [4.78, 5) is 10.2. The number of carboxylic acids is 1. The quantitative estimate of drug-likeness (QED) is 0.799. The largest absolute Gasteiger partial charge is 0.497 e. The minimum atomic E-state index is -3.70. The number of benzene rings is 1. The molecule has 0 saturated heterocycles. The molecule has 1 N–H and O–H groups in total. The fourth-order valence-electron chi connectivity index (χ4n) is 0.992. The van der Waals surface area contributed by atoms with E-state index >= 15 is 0 Å². The second kappa shape index (κ2) is 4.80. The molecule has 6 heteroatoms. The Balaban J connectivity index is 3.03. The van der Waals surface area contributed by atoms with Crippen molar-refractivity contribution in [2.75, 3.05) is 7.11 Å². The molecular weight excluding hydrogens is 232 g/mol. The van der Waals surface area contributed by atoms with Gasteiger partial charge in [0.25, 0.3) is 0 Å². The molecule has 0 bridgehead atoms. The van der Waals surface area contributed by atoms with E-state index in [-0.39, 0.29) is 4.90 Å². The number of methoxy groups -OCH3 is 1. The summed E-state index contributed by atoms with van der Waals surface area (Å²) in [6.45, 7) is 0. The van der Waals surface area contributed by atoms with Gasteiger partial charge in [0.05, 0.1) is 12.0 Å². The third-order valence-corrected chi connectivity index (χ3v) is 3.20. The van der Waals surface area contributed by atoms with Gasteiger partial charge in [0.2, 0.25) is 0 Å². The van der Waals surface area contributed by atoms with Crippen LogP contribution < -0.4 is 4.74 Å². The highest BCUT2D eigenvalue weighted by Crippen LogP contribution is 2.17. The minimum absolute atomic E-state index is 0.0193. The van der Waals surface area contributed by atoms with Gasteiger partial charge in [-0.3, -0.25) is 0 Å². The van der Waals surface area contributed by atoms with Gasteiger partial charge in [0, 0.05) is 11.5 Å². The van der Waals surface area contributed by atoms with E-state index in [1.54, 1.807) is 0 Å². The monoisotopic (exact) mass is 242 g/mol. The first kappa shape index (κ1) is 12.3. The van der Waals surface area contributed by atoms with E-state index in [9.17, 15) is 13.2 Å². The predicted molar refractivity (Wildman–Crippen MR) is 57.0 cm³/mol. The van der Waals surface area contributed by atoms with Crippen molar-refractivity contribution in [3.05, 3.63) is 35.7 Å². The number of rotatable bonds is 4. The van der Waals surface area contributed by atoms with Crippen LogP contribution in [0, 0.1) is 0 Å². The summed E-state index contributed by atoms with van der Waals surface area (Å²) >= 11 is 0. The normalized spacial score (nSPS) is 11.6. The van der Waals surface area contributed by atoms with Gasteiger partial charge in [0.1, 0.15) is 5.75 Å². The first-order chi connectivity index (χ1) is 7.45. The molecule has 0 radical (unpaired) electrons. The van der Waals surface area contributed by atoms with Crippen LogP contribution in [0.2, 0.25) is 0 Å². The number of aliphatic carboxylic acids is 1. The molecule has 5 nitrogen and oxygen atoms in total. The molecule has 16 heavy (non-hydrogen) atoms. The lowest BCUT2D eigenvalue weighted by molar-refractivity contribution is -0.131. The first-order valence-electron chi connectivity index (χ1n) is 4.26. The second-order valence-electron chi connectivity index (χ2n) is 2.86. The molecule has 0 aliphatic rings. The van der Waals surface area contributed by atoms with E-state index in [4.69, 9.17) is 9.84 Å². The molecule has 0 unspecified atom stereocenters. The fourth-order valence-corrected chi connectivity index (χ4v) is 1.96. The van der Waals surface area contributed by atoms with E-state index in [2.05, 4.69) is 0 Å². The zero-order valence-electron chi connectivity index (χ0n) is 8.45. The fraction of sp³-hybridized carbons (Fsp3) is 0.100. The zero-order chi connectivity index (χ0) is 12.2. The lowest BCUT2D eigenvalue weighted by atomic mass is 10.3. The Bertz CT molecular complexity index is 499. The van der Waals surface area contributed by atoms with Crippen LogP contribution in [0.5, 0.6) is 5.75 Å². The third-order valence-electron chi connectivity index (χ3n) is 1.78. The maximum absolute atomic E-state index is 11.5. The number of ether oxygens (including phenoxy) is 1. The lowest BCUT2D eigenvalue weighted by Crippen LogP contribution is -1.98. The van der Waals surface area contributed by atoms with E-state index in [0.717, 1.165) is 0 Å². The Hall–Kier alpha value is -1.82. The van der Waals surface area contributed by atoms with Crippen LogP contribution >= 0.6 is 0 Å². The maximum atomic E-state index is 11.5. The zero-order valence-corrected chi connectivity index (χ0v) is 9.27. The molecule has 0 atom stereocenters. The summed E-state index contributed by atoms with van der Waals surface area (Å²) in [5, 5.41) is 8.98. The lowest BCUT2D eigenvalue weighted by Gasteiger charge is -2.01. The summed E-state index contributed by atoms with van der Waals surface area (Å²) in [5.74, 6) is -0.779. The van der Waals surface area contributed by atoms with Crippen molar-refractivity contribution in [3.8, 4) is 5.75 Å². The van der Waals surface area contributed by atoms with Crippen LogP contribution in [0.25, 0.3) is 0 Å². The van der Waals surface area contributed by atoms with Crippen LogP contribution in [0.1, 0.15) is 0 Å². The maximum Gasteiger partial charge on any atom is 0.329 e. The molecule has 0 amide bonds. The van der Waals surface area contributed by atoms with Gasteiger partial charge in [0.15, 0.2) is 9.84 Å². The van der Waals surface area contributed by atoms with Gasteiger partial charge < -0.3 is 9.84 Å². The molecule has 0 aliphatic carbocycles. The average molecular weight is 242 g/mol. The number of carbonyl (C=O) groups is 1. The minimum Gasteiger partial charge on any atom is -0.497 e. The second-order valence-corrected chi connectivity index (χ2v) is 4.70. The van der Waals surface area contributed by atoms with Crippen molar-refractivity contribution in [2.45, 2.75) is 4.90 Å². The number of carboxylic acid groups (broad SMARTS) is 1. The Kier molecular flexibility index (Phi) is 3.68. The van der Waals surface area contributed by atoms with Gasteiger partial charge in [-0.25, -0.2) is 13.2 Å². The molecule has 1 aromatic carbocycles. The van der Waals surface area contributed by atoms with Crippen molar-refractivity contribution in [1.82, 2.24) is 0 Å². The van der Waals surface area contributed by atoms with Crippen molar-refractivity contribution < 1.29 is 23.1 Å². The third kappa shape index (κ3) is 3.09. The predicted octanol–water partition coefficient (Wildman–Crippen LogP) is 1.07. The highest BCUT2D eigenvalue weighted by molar-refractivity contribution is 7.94. The molecule has 0 heterocycles. The van der Waals surface area contributed by atoms with E-state index in [1.165, 1.54) is 31.4 Å². The van der Waals surface area contributed by atoms with Crippen LogP contribution in [0.3, 0.4) is 0 Å². The van der Waals surface area contributed by atoms with Crippen molar-refractivity contribution >= 4 is 15.8 Å². The highest BCUT2D eigenvalue weighted by Gasteiger charge is 2.10. The standard InChI is InChI=1S/C10H10O5S/c1-15-8-2-4-9(5-3-8)16(13,14)7-6-10(11)12/h2-7H,1H3,(H,11,12)/b7-6-. The Labute approximate surface area is 92.9 Å². The van der Waals surface area contributed by atoms with E-state index in [1.807, 2.05) is 0 Å². The van der Waals surface area contributed by atoms with Gasteiger partial charge in [-0.05, 0) is 24.3 Å². The molecule has 86 valence electrons. The molecule has 0 fully saturated rings. The molecule has 0 saturated carbocycles. The average Bonchev–Trinajstić information content (AvgIpc) is 2.27. The van der Waals surface area contributed by atoms with Crippen LogP contribution in [-0.4, -0.2) is 26.6 Å². The summed E-state index contributed by atoms with van der Waals surface area (Å²) in [7, 11) is -2.23. The highest BCUT2D eigenvalue weighted by atomic mass is 32.2. The van der Waals surface area contributed by atoms with Gasteiger partial charge >= 0.3 is 5.97 Å². The number of hydrogen-bond acceptors (Lipinski definition) is 4. The molecule has 1 rings (SSSR count). The van der Waals surface area contributed by atoms with E-state index in [0.29, 0.717) is 17.2 Å². The summed E-state index contributed by atoms with van der Waals surface area (Å²) in [6.07, 6.45) is 0.583. The molecule has 0 aromatic heterocycles. The Morgan fingerprint density at radius 2 is 1.88 bits per heavy atom. The van der Waals surface area contributed by atoms with Crippen LogP contribution in [-0.2, 0) is 14.6 Å². The Morgan fingerprint density at radius 3 is 2.31 bits per heavy atom. The summed E-state index contributed by atoms with van der Waals surface area (Å²) in [5.41, 5.74) is 0. The summed E-state index contributed by atoms with van der Waals surface area (Å²) < 4.78 is 28.0. The number of hydrogen-bond donors (Lipinski definition) is 1. The van der Waals surface area contributed by atoms with Gasteiger partial charge in [-0.2, -0.15) is 0 Å². The number of sulfone groups is 1. The molecule has 0 aliphatic heterocycles. The van der Waals surface area contributed by atoms with Crippen molar-refractivity contribution in [2.24, 2.45) is 0 Å². The van der Waals surface area contributed by atoms with E-state index < -0.39 is 15.8 Å².